The van der Waals surface area contributed by atoms with Gasteiger partial charge in [-0.2, -0.15) is 5.10 Å². The molecular formula is C13H11BrClFN4. The lowest BCUT2D eigenvalue weighted by molar-refractivity contribution is 0.532. The van der Waals surface area contributed by atoms with Crippen molar-refractivity contribution in [3.63, 3.8) is 0 Å². The number of hydrogen-bond donors (Lipinski definition) is 0. The summed E-state index contributed by atoms with van der Waals surface area (Å²) in [6.07, 6.45) is 3.61. The fraction of sp³-hybridized carbons (Fsp3) is 0.231. The van der Waals surface area contributed by atoms with Crippen LogP contribution in [0, 0.1) is 5.82 Å². The van der Waals surface area contributed by atoms with Gasteiger partial charge in [-0.3, -0.25) is 4.68 Å². The van der Waals surface area contributed by atoms with Gasteiger partial charge in [0.1, 0.15) is 11.6 Å². The lowest BCUT2D eigenvalue weighted by Gasteiger charge is -2.08. The highest BCUT2D eigenvalue weighted by Crippen LogP contribution is 2.24. The van der Waals surface area contributed by atoms with E-state index >= 15 is 0 Å². The molecule has 2 aromatic heterocycles. The molecule has 0 aliphatic carbocycles. The zero-order chi connectivity index (χ0) is 14.1. The van der Waals surface area contributed by atoms with E-state index in [-0.39, 0.29) is 11.7 Å². The Bertz CT molecular complexity index is 738. The first-order valence-electron chi connectivity index (χ1n) is 6.06. The second-order valence-corrected chi connectivity index (χ2v) is 5.46. The molecule has 0 saturated carbocycles. The Balaban J connectivity index is 2.01. The summed E-state index contributed by atoms with van der Waals surface area (Å²) in [4.78, 5) is 4.44. The molecule has 4 nitrogen and oxygen atoms in total. The van der Waals surface area contributed by atoms with Gasteiger partial charge >= 0.3 is 0 Å². The van der Waals surface area contributed by atoms with Crippen molar-refractivity contribution in [3.05, 3.63) is 46.7 Å². The Kier molecular flexibility index (Phi) is 3.76. The predicted octanol–water partition coefficient (Wildman–Crippen LogP) is 3.57. The van der Waals surface area contributed by atoms with Crippen LogP contribution in [0.5, 0.6) is 0 Å². The summed E-state index contributed by atoms with van der Waals surface area (Å²) >= 11 is 9.10. The smallest absolute Gasteiger partial charge is 0.139 e. The highest BCUT2D eigenvalue weighted by molar-refractivity contribution is 9.10. The van der Waals surface area contributed by atoms with Crippen molar-refractivity contribution < 1.29 is 4.39 Å². The molecule has 104 valence electrons. The molecule has 0 atom stereocenters. The van der Waals surface area contributed by atoms with E-state index < -0.39 is 0 Å². The van der Waals surface area contributed by atoms with E-state index in [4.69, 9.17) is 11.6 Å². The van der Waals surface area contributed by atoms with Crippen LogP contribution in [0.4, 0.5) is 4.39 Å². The fourth-order valence-electron chi connectivity index (χ4n) is 2.16. The number of aryl methyl sites for hydroxylation is 2. The molecule has 3 rings (SSSR count). The van der Waals surface area contributed by atoms with Crippen LogP contribution in [0.15, 0.2) is 35.1 Å². The first-order valence-corrected chi connectivity index (χ1v) is 7.39. The van der Waals surface area contributed by atoms with E-state index in [9.17, 15) is 4.39 Å². The molecule has 7 heteroatoms. The van der Waals surface area contributed by atoms with Crippen LogP contribution in [0.3, 0.4) is 0 Å². The highest BCUT2D eigenvalue weighted by Gasteiger charge is 2.13. The third-order valence-corrected chi connectivity index (χ3v) is 3.95. The molecule has 0 saturated heterocycles. The first kappa shape index (κ1) is 13.6. The van der Waals surface area contributed by atoms with E-state index in [2.05, 4.69) is 26.0 Å². The van der Waals surface area contributed by atoms with Crippen LogP contribution in [0.1, 0.15) is 5.82 Å². The Hall–Kier alpha value is -1.40. The minimum Gasteiger partial charge on any atom is -0.325 e. The van der Waals surface area contributed by atoms with Gasteiger partial charge in [-0.1, -0.05) is 0 Å². The van der Waals surface area contributed by atoms with Crippen LogP contribution in [-0.4, -0.2) is 19.3 Å². The van der Waals surface area contributed by atoms with Crippen LogP contribution in [0.2, 0.25) is 0 Å². The molecule has 0 aliphatic heterocycles. The topological polar surface area (TPSA) is 35.6 Å². The monoisotopic (exact) mass is 356 g/mol. The maximum Gasteiger partial charge on any atom is 0.139 e. The Morgan fingerprint density at radius 1 is 1.30 bits per heavy atom. The highest BCUT2D eigenvalue weighted by atomic mass is 79.9. The molecular weight excluding hydrogens is 347 g/mol. The summed E-state index contributed by atoms with van der Waals surface area (Å²) in [7, 11) is 0. The van der Waals surface area contributed by atoms with E-state index in [1.807, 2.05) is 21.5 Å². The fourth-order valence-corrected chi connectivity index (χ4v) is 2.69. The van der Waals surface area contributed by atoms with E-state index in [1.54, 1.807) is 12.3 Å². The lowest BCUT2D eigenvalue weighted by atomic mass is 10.3. The molecule has 0 N–H and O–H groups in total. The maximum atomic E-state index is 13.7. The second-order valence-electron chi connectivity index (χ2n) is 4.34. The number of hydrogen-bond acceptors (Lipinski definition) is 2. The zero-order valence-corrected chi connectivity index (χ0v) is 12.8. The Morgan fingerprint density at radius 3 is 2.85 bits per heavy atom. The maximum absolute atomic E-state index is 13.7. The molecule has 0 unspecified atom stereocenters. The molecule has 20 heavy (non-hydrogen) atoms. The zero-order valence-electron chi connectivity index (χ0n) is 10.4. The van der Waals surface area contributed by atoms with Gasteiger partial charge in [-0.25, -0.2) is 9.37 Å². The van der Waals surface area contributed by atoms with Crippen molar-refractivity contribution in [2.75, 3.05) is 0 Å². The number of nitrogens with zero attached hydrogens (tertiary/aromatic N) is 4. The van der Waals surface area contributed by atoms with Crippen molar-refractivity contribution in [2.45, 2.75) is 19.0 Å². The van der Waals surface area contributed by atoms with Gasteiger partial charge < -0.3 is 4.57 Å². The molecule has 0 spiro atoms. The number of fused-ring (bicyclic) bond motifs is 1. The minimum atomic E-state index is -0.307. The third-order valence-electron chi connectivity index (χ3n) is 3.10. The van der Waals surface area contributed by atoms with Gasteiger partial charge in [-0.05, 0) is 28.1 Å². The molecule has 3 aromatic rings. The van der Waals surface area contributed by atoms with Gasteiger partial charge in [-0.15, -0.1) is 11.6 Å². The summed E-state index contributed by atoms with van der Waals surface area (Å²) < 4.78 is 17.9. The van der Waals surface area contributed by atoms with Crippen molar-refractivity contribution in [1.82, 2.24) is 19.3 Å². The van der Waals surface area contributed by atoms with Crippen molar-refractivity contribution in [1.29, 1.82) is 0 Å². The lowest BCUT2D eigenvalue weighted by Crippen LogP contribution is -2.10. The van der Waals surface area contributed by atoms with E-state index in [0.29, 0.717) is 17.6 Å². The molecule has 0 radical (unpaired) electrons. The van der Waals surface area contributed by atoms with Crippen molar-refractivity contribution >= 4 is 38.6 Å². The van der Waals surface area contributed by atoms with E-state index in [1.165, 1.54) is 6.07 Å². The molecule has 2 heterocycles. The summed E-state index contributed by atoms with van der Waals surface area (Å²) in [6, 6.07) is 5.02. The average molecular weight is 358 g/mol. The average Bonchev–Trinajstić information content (AvgIpc) is 3.05. The van der Waals surface area contributed by atoms with Gasteiger partial charge in [0.05, 0.1) is 27.9 Å². The first-order chi connectivity index (χ1) is 9.69. The van der Waals surface area contributed by atoms with Crippen LogP contribution < -0.4 is 0 Å². The standard InChI is InChI=1S/C13H11BrClFN4/c14-9-6-11-12(7-10(9)16)20(13(8-15)18-11)5-4-19-3-1-2-17-19/h1-3,6-7H,4-5,8H2. The van der Waals surface area contributed by atoms with Gasteiger partial charge in [0.25, 0.3) is 0 Å². The minimum absolute atomic E-state index is 0.285. The van der Waals surface area contributed by atoms with Gasteiger partial charge in [0.2, 0.25) is 0 Å². The number of benzene rings is 1. The molecule has 0 bridgehead atoms. The number of rotatable bonds is 4. The van der Waals surface area contributed by atoms with E-state index in [0.717, 1.165) is 16.9 Å². The number of imidazole rings is 1. The summed E-state index contributed by atoms with van der Waals surface area (Å²) in [5, 5.41) is 4.15. The molecule has 0 fully saturated rings. The Labute approximate surface area is 128 Å². The van der Waals surface area contributed by atoms with Crippen molar-refractivity contribution in [2.24, 2.45) is 0 Å². The molecule has 1 aromatic carbocycles. The summed E-state index contributed by atoms with van der Waals surface area (Å²) in [5.41, 5.74) is 1.47. The third kappa shape index (κ3) is 2.45. The summed E-state index contributed by atoms with van der Waals surface area (Å²) in [6.45, 7) is 1.32. The van der Waals surface area contributed by atoms with Crippen LogP contribution in [0.25, 0.3) is 11.0 Å². The SMILES string of the molecule is Fc1cc2c(cc1Br)nc(CCl)n2CCn1cccn1. The number of halogens is 3. The van der Waals surface area contributed by atoms with Gasteiger partial charge in [0, 0.05) is 25.0 Å². The number of alkyl halides is 1. The largest absolute Gasteiger partial charge is 0.325 e. The number of aromatic nitrogens is 4. The van der Waals surface area contributed by atoms with Crippen molar-refractivity contribution in [3.8, 4) is 0 Å². The van der Waals surface area contributed by atoms with Gasteiger partial charge in [0.15, 0.2) is 0 Å². The predicted molar refractivity (Wildman–Crippen MR) is 79.2 cm³/mol. The van der Waals surface area contributed by atoms with Crippen LogP contribution >= 0.6 is 27.5 Å². The Morgan fingerprint density at radius 2 is 2.15 bits per heavy atom. The molecule has 0 aliphatic rings. The molecule has 0 amide bonds. The van der Waals surface area contributed by atoms with Crippen LogP contribution in [-0.2, 0) is 19.0 Å². The second kappa shape index (κ2) is 5.54. The summed E-state index contributed by atoms with van der Waals surface area (Å²) in [5.74, 6) is 0.706. The quantitative estimate of drug-likeness (QED) is 0.669. The normalized spacial score (nSPS) is 11.3.